The minimum absolute atomic E-state index is 0.194. The molecule has 0 amide bonds. The fraction of sp³-hybridized carbons (Fsp3) is 0.200. The predicted octanol–water partition coefficient (Wildman–Crippen LogP) is 7.59. The van der Waals surface area contributed by atoms with E-state index in [0.717, 1.165) is 0 Å². The molecule has 1 aliphatic carbocycles. The molecule has 0 nitrogen and oxygen atoms in total. The van der Waals surface area contributed by atoms with Gasteiger partial charge in [0.1, 0.15) is 0 Å². The maximum Gasteiger partial charge on any atom is 0.0967 e. The van der Waals surface area contributed by atoms with Crippen LogP contribution in [0.4, 0.5) is 0 Å². The lowest BCUT2D eigenvalue weighted by molar-refractivity contribution is 0.888. The van der Waals surface area contributed by atoms with E-state index in [0.29, 0.717) is 11.3 Å². The molecule has 0 unspecified atom stereocenters. The summed E-state index contributed by atoms with van der Waals surface area (Å²) in [6.07, 6.45) is 4.00. The molecular weight excluding hydrogens is 493 g/mol. The lowest BCUT2D eigenvalue weighted by Gasteiger charge is -2.35. The van der Waals surface area contributed by atoms with Crippen LogP contribution in [0.25, 0.3) is 0 Å². The van der Waals surface area contributed by atoms with E-state index >= 15 is 0 Å². The summed E-state index contributed by atoms with van der Waals surface area (Å²) in [5.41, 5.74) is 1.43. The molecule has 5 rings (SSSR count). The second kappa shape index (κ2) is 13.4. The number of benzene rings is 4. The zero-order chi connectivity index (χ0) is 23.6. The Morgan fingerprint density at radius 3 is 0.941 bits per heavy atom. The first-order valence-electron chi connectivity index (χ1n) is 11.7. The van der Waals surface area contributed by atoms with Crippen molar-refractivity contribution in [2.45, 2.75) is 30.6 Å². The summed E-state index contributed by atoms with van der Waals surface area (Å²) < 4.78 is 0. The molecule has 0 heterocycles. The minimum Gasteiger partial charge on any atom is -0.109 e. The van der Waals surface area contributed by atoms with Gasteiger partial charge in [0.2, 0.25) is 0 Å². The van der Waals surface area contributed by atoms with Gasteiger partial charge in [-0.2, -0.15) is 0 Å². The van der Waals surface area contributed by atoms with Gasteiger partial charge in [0, 0.05) is 0 Å². The van der Waals surface area contributed by atoms with E-state index in [1.807, 2.05) is 0 Å². The standard InChI is InChI=1S/C29H28P2.CH2Cl2/c1-5-14-24(15-6-1)30(25-16-7-2-8-17-25)28-22-13-23-29(28)31(26-18-9-3-10-19-26)27-20-11-4-12-21-27;2-1-3/h1-12,14-21,28-29H,13,22-23H2;1H2/t28-,29-;/m1./s1. The Morgan fingerprint density at radius 1 is 0.471 bits per heavy atom. The largest absolute Gasteiger partial charge is 0.109 e. The molecule has 0 radical (unpaired) electrons. The van der Waals surface area contributed by atoms with Crippen LogP contribution >= 0.6 is 39.0 Å². The molecule has 0 aromatic heterocycles. The molecule has 4 aromatic rings. The molecule has 4 heteroatoms. The van der Waals surface area contributed by atoms with Crippen LogP contribution in [0.15, 0.2) is 121 Å². The van der Waals surface area contributed by atoms with Crippen LogP contribution in [0.2, 0.25) is 0 Å². The summed E-state index contributed by atoms with van der Waals surface area (Å²) in [5, 5.41) is 6.29. The maximum atomic E-state index is 4.76. The highest BCUT2D eigenvalue weighted by atomic mass is 35.5. The maximum absolute atomic E-state index is 4.76. The highest BCUT2D eigenvalue weighted by Gasteiger charge is 2.40. The third-order valence-corrected chi connectivity index (χ3v) is 12.5. The number of hydrogen-bond acceptors (Lipinski definition) is 0. The van der Waals surface area contributed by atoms with Gasteiger partial charge < -0.3 is 0 Å². The molecule has 34 heavy (non-hydrogen) atoms. The Hall–Kier alpha value is -1.68. The summed E-state index contributed by atoms with van der Waals surface area (Å²) in [5.74, 6) is 0. The van der Waals surface area contributed by atoms with E-state index in [9.17, 15) is 0 Å². The average Bonchev–Trinajstić information content (AvgIpc) is 3.36. The van der Waals surface area contributed by atoms with Gasteiger partial charge in [-0.15, -0.1) is 23.2 Å². The SMILES string of the molecule is ClCCl.c1ccc(P(c2ccccc2)[C@@H]2CCC[C@H]2P(c2ccccc2)c2ccccc2)cc1. The molecule has 174 valence electrons. The van der Waals surface area contributed by atoms with Crippen LogP contribution in [0.1, 0.15) is 19.3 Å². The number of alkyl halides is 2. The van der Waals surface area contributed by atoms with Crippen molar-refractivity contribution in [3.05, 3.63) is 121 Å². The summed E-state index contributed by atoms with van der Waals surface area (Å²) in [7, 11) is -0.777. The smallest absolute Gasteiger partial charge is 0.0967 e. The number of hydrogen-bond donors (Lipinski definition) is 0. The van der Waals surface area contributed by atoms with E-state index in [2.05, 4.69) is 121 Å². The van der Waals surface area contributed by atoms with Crippen molar-refractivity contribution in [3.8, 4) is 0 Å². The van der Waals surface area contributed by atoms with Gasteiger partial charge in [-0.05, 0) is 61.2 Å². The summed E-state index contributed by atoms with van der Waals surface area (Å²) in [6.45, 7) is 0. The Kier molecular flexibility index (Phi) is 10.0. The minimum atomic E-state index is -0.388. The number of rotatable bonds is 6. The second-order valence-corrected chi connectivity index (χ2v) is 13.9. The van der Waals surface area contributed by atoms with Crippen molar-refractivity contribution in [1.82, 2.24) is 0 Å². The van der Waals surface area contributed by atoms with Gasteiger partial charge in [0.25, 0.3) is 0 Å². The number of halogens is 2. The van der Waals surface area contributed by atoms with Crippen molar-refractivity contribution in [2.24, 2.45) is 0 Å². The zero-order valence-electron chi connectivity index (χ0n) is 19.2. The molecule has 0 bridgehead atoms. The lowest BCUT2D eigenvalue weighted by atomic mass is 10.3. The molecule has 0 aliphatic heterocycles. The van der Waals surface area contributed by atoms with Crippen LogP contribution in [0.5, 0.6) is 0 Å². The van der Waals surface area contributed by atoms with Gasteiger partial charge in [0.15, 0.2) is 0 Å². The van der Waals surface area contributed by atoms with Gasteiger partial charge in [-0.3, -0.25) is 0 Å². The molecule has 0 spiro atoms. The first-order valence-corrected chi connectivity index (χ1v) is 15.6. The predicted molar refractivity (Wildman–Crippen MR) is 156 cm³/mol. The van der Waals surface area contributed by atoms with E-state index in [4.69, 9.17) is 23.2 Å². The quantitative estimate of drug-likeness (QED) is 0.180. The van der Waals surface area contributed by atoms with E-state index in [1.165, 1.54) is 40.5 Å². The van der Waals surface area contributed by atoms with Crippen LogP contribution < -0.4 is 21.2 Å². The normalized spacial score (nSPS) is 17.4. The van der Waals surface area contributed by atoms with Gasteiger partial charge in [0.05, 0.1) is 5.34 Å². The van der Waals surface area contributed by atoms with Crippen LogP contribution in [-0.2, 0) is 0 Å². The molecule has 1 aliphatic rings. The molecule has 0 saturated heterocycles. The molecule has 4 aromatic carbocycles. The van der Waals surface area contributed by atoms with Gasteiger partial charge in [-0.25, -0.2) is 0 Å². The van der Waals surface area contributed by atoms with Crippen LogP contribution in [0, 0.1) is 0 Å². The lowest BCUT2D eigenvalue weighted by Crippen LogP contribution is -2.31. The van der Waals surface area contributed by atoms with Crippen molar-refractivity contribution in [1.29, 1.82) is 0 Å². The van der Waals surface area contributed by atoms with Crippen molar-refractivity contribution in [3.63, 3.8) is 0 Å². The first-order chi connectivity index (χ1) is 16.8. The fourth-order valence-electron chi connectivity index (χ4n) is 4.94. The summed E-state index contributed by atoms with van der Waals surface area (Å²) in [6, 6.07) is 45.2. The highest BCUT2D eigenvalue weighted by molar-refractivity contribution is 7.77. The third kappa shape index (κ3) is 6.30. The van der Waals surface area contributed by atoms with E-state index in [-0.39, 0.29) is 21.2 Å². The Balaban J connectivity index is 0.000000868. The first kappa shape index (κ1) is 25.4. The summed E-state index contributed by atoms with van der Waals surface area (Å²) >= 11 is 9.53. The second-order valence-electron chi connectivity index (χ2n) is 8.25. The Morgan fingerprint density at radius 2 is 0.706 bits per heavy atom. The Labute approximate surface area is 216 Å². The van der Waals surface area contributed by atoms with E-state index in [1.54, 1.807) is 0 Å². The molecule has 2 atom stereocenters. The molecule has 1 saturated carbocycles. The zero-order valence-corrected chi connectivity index (χ0v) is 22.5. The van der Waals surface area contributed by atoms with E-state index < -0.39 is 0 Å². The molecule has 0 N–H and O–H groups in total. The average molecular weight is 523 g/mol. The van der Waals surface area contributed by atoms with Crippen LogP contribution in [0.3, 0.4) is 0 Å². The van der Waals surface area contributed by atoms with Gasteiger partial charge in [-0.1, -0.05) is 128 Å². The molecule has 1 fully saturated rings. The Bertz CT molecular complexity index is 924. The monoisotopic (exact) mass is 522 g/mol. The topological polar surface area (TPSA) is 0 Å². The molecular formula is C30H30Cl2P2. The third-order valence-electron chi connectivity index (χ3n) is 6.24. The fourth-order valence-corrected chi connectivity index (χ4v) is 11.7. The van der Waals surface area contributed by atoms with Crippen molar-refractivity contribution < 1.29 is 0 Å². The van der Waals surface area contributed by atoms with Crippen LogP contribution in [-0.4, -0.2) is 16.7 Å². The van der Waals surface area contributed by atoms with Gasteiger partial charge >= 0.3 is 0 Å². The summed E-state index contributed by atoms with van der Waals surface area (Å²) in [4.78, 5) is 0. The van der Waals surface area contributed by atoms with Crippen molar-refractivity contribution in [2.75, 3.05) is 5.34 Å². The highest BCUT2D eigenvalue weighted by Crippen LogP contribution is 2.57. The van der Waals surface area contributed by atoms with Crippen molar-refractivity contribution >= 4 is 60.3 Å².